The van der Waals surface area contributed by atoms with Gasteiger partial charge in [0.1, 0.15) is 5.82 Å². The number of nitrogens with zero attached hydrogens (tertiary/aromatic N) is 3. The van der Waals surface area contributed by atoms with Gasteiger partial charge < -0.3 is 5.32 Å². The molecule has 0 amide bonds. The van der Waals surface area contributed by atoms with Gasteiger partial charge in [0.05, 0.1) is 5.39 Å². The van der Waals surface area contributed by atoms with E-state index in [1.165, 1.54) is 0 Å². The highest BCUT2D eigenvalue weighted by molar-refractivity contribution is 6.28. The summed E-state index contributed by atoms with van der Waals surface area (Å²) in [6.07, 6.45) is 1.69. The first-order chi connectivity index (χ1) is 7.46. The van der Waals surface area contributed by atoms with Gasteiger partial charge in [0.25, 0.3) is 0 Å². The molecule has 0 saturated heterocycles. The summed E-state index contributed by atoms with van der Waals surface area (Å²) in [5.41, 5.74) is 0.523. The van der Waals surface area contributed by atoms with Crippen molar-refractivity contribution in [3.63, 3.8) is 0 Å². The fourth-order valence-electron chi connectivity index (χ4n) is 1.39. The first-order valence-electron chi connectivity index (χ1n) is 5.02. The zero-order valence-electron chi connectivity index (χ0n) is 9.45. The normalized spacial score (nSPS) is 11.8. The van der Waals surface area contributed by atoms with Gasteiger partial charge in [-0.15, -0.1) is 0 Å². The Hall–Kier alpha value is -1.42. The highest BCUT2D eigenvalue weighted by atomic mass is 35.5. The standard InChI is InChI=1S/C11H13ClN4/c1-11(2,3)16-9-7-5-4-6-13-8(7)14-10(12)15-9/h4-6H,1-3H3,(H,13,14,15,16). The number of pyridine rings is 1. The summed E-state index contributed by atoms with van der Waals surface area (Å²) in [5, 5.41) is 4.37. The van der Waals surface area contributed by atoms with Crippen molar-refractivity contribution in [3.05, 3.63) is 23.6 Å². The predicted molar refractivity (Wildman–Crippen MR) is 65.7 cm³/mol. The molecule has 2 heterocycles. The molecule has 1 N–H and O–H groups in total. The molecule has 0 aliphatic carbocycles. The highest BCUT2D eigenvalue weighted by Crippen LogP contribution is 2.22. The molecule has 0 saturated carbocycles. The molecule has 0 bridgehead atoms. The average Bonchev–Trinajstić information content (AvgIpc) is 2.14. The maximum atomic E-state index is 5.85. The third-order valence-electron chi connectivity index (χ3n) is 1.94. The Balaban J connectivity index is 2.59. The minimum atomic E-state index is -0.0829. The number of anilines is 1. The van der Waals surface area contributed by atoms with Crippen molar-refractivity contribution in [3.8, 4) is 0 Å². The molecule has 0 atom stereocenters. The van der Waals surface area contributed by atoms with Crippen LogP contribution >= 0.6 is 11.6 Å². The summed E-state index contributed by atoms with van der Waals surface area (Å²) in [6, 6.07) is 3.78. The fourth-order valence-corrected chi connectivity index (χ4v) is 1.55. The molecule has 0 aliphatic heterocycles. The van der Waals surface area contributed by atoms with E-state index in [0.717, 1.165) is 11.2 Å². The number of hydrogen-bond donors (Lipinski definition) is 1. The second-order valence-corrected chi connectivity index (χ2v) is 4.93. The van der Waals surface area contributed by atoms with E-state index in [2.05, 4.69) is 41.0 Å². The van der Waals surface area contributed by atoms with Crippen molar-refractivity contribution in [2.24, 2.45) is 0 Å². The third kappa shape index (κ3) is 2.39. The van der Waals surface area contributed by atoms with Gasteiger partial charge in [-0.1, -0.05) is 0 Å². The highest BCUT2D eigenvalue weighted by Gasteiger charge is 2.14. The zero-order chi connectivity index (χ0) is 11.8. The van der Waals surface area contributed by atoms with Crippen LogP contribution in [0.25, 0.3) is 11.0 Å². The molecule has 0 spiro atoms. The third-order valence-corrected chi connectivity index (χ3v) is 2.11. The van der Waals surface area contributed by atoms with Crippen LogP contribution in [-0.4, -0.2) is 20.5 Å². The van der Waals surface area contributed by atoms with Crippen LogP contribution in [-0.2, 0) is 0 Å². The van der Waals surface area contributed by atoms with Gasteiger partial charge >= 0.3 is 0 Å². The number of nitrogens with one attached hydrogen (secondary N) is 1. The summed E-state index contributed by atoms with van der Waals surface area (Å²) >= 11 is 5.85. The lowest BCUT2D eigenvalue weighted by atomic mass is 10.1. The van der Waals surface area contributed by atoms with Crippen LogP contribution in [0, 0.1) is 0 Å². The van der Waals surface area contributed by atoms with Crippen LogP contribution in [0.5, 0.6) is 0 Å². The molecular weight excluding hydrogens is 224 g/mol. The summed E-state index contributed by atoms with van der Waals surface area (Å²) in [4.78, 5) is 12.4. The molecule has 2 rings (SSSR count). The maximum Gasteiger partial charge on any atom is 0.226 e. The van der Waals surface area contributed by atoms with Crippen molar-refractivity contribution in [2.45, 2.75) is 26.3 Å². The van der Waals surface area contributed by atoms with Gasteiger partial charge in [0.2, 0.25) is 5.28 Å². The second-order valence-electron chi connectivity index (χ2n) is 4.59. The topological polar surface area (TPSA) is 50.7 Å². The van der Waals surface area contributed by atoms with Crippen molar-refractivity contribution in [1.82, 2.24) is 15.0 Å². The fraction of sp³-hybridized carbons (Fsp3) is 0.364. The van der Waals surface area contributed by atoms with Gasteiger partial charge in [-0.25, -0.2) is 9.97 Å². The van der Waals surface area contributed by atoms with Crippen molar-refractivity contribution in [2.75, 3.05) is 5.32 Å². The largest absolute Gasteiger partial charge is 0.365 e. The van der Waals surface area contributed by atoms with E-state index < -0.39 is 0 Å². The van der Waals surface area contributed by atoms with Gasteiger partial charge in [0.15, 0.2) is 5.65 Å². The van der Waals surface area contributed by atoms with Gasteiger partial charge in [0, 0.05) is 11.7 Å². The number of hydrogen-bond acceptors (Lipinski definition) is 4. The molecule has 0 radical (unpaired) electrons. The van der Waals surface area contributed by atoms with Crippen LogP contribution in [0.1, 0.15) is 20.8 Å². The summed E-state index contributed by atoms with van der Waals surface area (Å²) in [7, 11) is 0. The number of halogens is 1. The van der Waals surface area contributed by atoms with Crippen LogP contribution < -0.4 is 5.32 Å². The zero-order valence-corrected chi connectivity index (χ0v) is 10.2. The number of rotatable bonds is 1. The van der Waals surface area contributed by atoms with E-state index in [1.54, 1.807) is 6.20 Å². The molecule has 16 heavy (non-hydrogen) atoms. The molecule has 4 nitrogen and oxygen atoms in total. The van der Waals surface area contributed by atoms with E-state index >= 15 is 0 Å². The van der Waals surface area contributed by atoms with E-state index in [1.807, 2.05) is 12.1 Å². The van der Waals surface area contributed by atoms with E-state index in [4.69, 9.17) is 11.6 Å². The van der Waals surface area contributed by atoms with Crippen LogP contribution in [0.4, 0.5) is 5.82 Å². The summed E-state index contributed by atoms with van der Waals surface area (Å²) in [6.45, 7) is 6.18. The Morgan fingerprint density at radius 2 is 2.00 bits per heavy atom. The van der Waals surface area contributed by atoms with Gasteiger partial charge in [-0.2, -0.15) is 4.98 Å². The minimum absolute atomic E-state index is 0.0829. The first-order valence-corrected chi connectivity index (χ1v) is 5.40. The van der Waals surface area contributed by atoms with Gasteiger partial charge in [-0.05, 0) is 44.5 Å². The van der Waals surface area contributed by atoms with Gasteiger partial charge in [-0.3, -0.25) is 0 Å². The van der Waals surface area contributed by atoms with E-state index in [0.29, 0.717) is 5.65 Å². The molecule has 5 heteroatoms. The number of fused-ring (bicyclic) bond motifs is 1. The maximum absolute atomic E-state index is 5.85. The van der Waals surface area contributed by atoms with E-state index in [9.17, 15) is 0 Å². The van der Waals surface area contributed by atoms with Crippen LogP contribution in [0.15, 0.2) is 18.3 Å². The summed E-state index contributed by atoms with van der Waals surface area (Å²) < 4.78 is 0. The Bertz CT molecular complexity index is 519. The Labute approximate surface area is 99.1 Å². The molecular formula is C11H13ClN4. The van der Waals surface area contributed by atoms with Crippen molar-refractivity contribution >= 4 is 28.5 Å². The second kappa shape index (κ2) is 3.87. The first kappa shape index (κ1) is 11.1. The molecule has 2 aromatic rings. The molecule has 0 aliphatic rings. The smallest absolute Gasteiger partial charge is 0.226 e. The predicted octanol–water partition coefficient (Wildman–Crippen LogP) is 2.89. The Morgan fingerprint density at radius 1 is 1.25 bits per heavy atom. The summed E-state index contributed by atoms with van der Waals surface area (Å²) in [5.74, 6) is 0.718. The average molecular weight is 237 g/mol. The molecule has 2 aromatic heterocycles. The van der Waals surface area contributed by atoms with Crippen molar-refractivity contribution < 1.29 is 0 Å². The lowest BCUT2D eigenvalue weighted by Gasteiger charge is -2.22. The van der Waals surface area contributed by atoms with E-state index in [-0.39, 0.29) is 10.8 Å². The molecule has 0 fully saturated rings. The molecule has 0 unspecified atom stereocenters. The van der Waals surface area contributed by atoms with Crippen LogP contribution in [0.3, 0.4) is 0 Å². The van der Waals surface area contributed by atoms with Crippen molar-refractivity contribution in [1.29, 1.82) is 0 Å². The quantitative estimate of drug-likeness (QED) is 0.774. The minimum Gasteiger partial charge on any atom is -0.365 e. The number of aromatic nitrogens is 3. The van der Waals surface area contributed by atoms with Crippen LogP contribution in [0.2, 0.25) is 5.28 Å². The molecule has 84 valence electrons. The lowest BCUT2D eigenvalue weighted by molar-refractivity contribution is 0.631. The Morgan fingerprint density at radius 3 is 2.69 bits per heavy atom. The SMILES string of the molecule is CC(C)(C)Nc1nc(Cl)nc2ncccc12. The lowest BCUT2D eigenvalue weighted by Crippen LogP contribution is -2.27. The molecule has 0 aromatic carbocycles. The monoisotopic (exact) mass is 236 g/mol. The Kier molecular flexibility index (Phi) is 2.68.